The molecule has 1 saturated heterocycles. The maximum Gasteiger partial charge on any atom is 0.194 e. The molecule has 3 rings (SSSR count). The van der Waals surface area contributed by atoms with Gasteiger partial charge in [0.2, 0.25) is 0 Å². The Kier molecular flexibility index (Phi) is 6.63. The van der Waals surface area contributed by atoms with Crippen molar-refractivity contribution in [1.82, 2.24) is 29.9 Å². The summed E-state index contributed by atoms with van der Waals surface area (Å²) in [6.45, 7) is 7.11. The maximum atomic E-state index is 14.0. The van der Waals surface area contributed by atoms with Crippen LogP contribution >= 0.6 is 11.6 Å². The van der Waals surface area contributed by atoms with Gasteiger partial charge < -0.3 is 10.2 Å². The van der Waals surface area contributed by atoms with Gasteiger partial charge in [0.15, 0.2) is 5.96 Å². The molecule has 1 N–H and O–H groups in total. The van der Waals surface area contributed by atoms with Crippen LogP contribution in [0.15, 0.2) is 29.5 Å². The summed E-state index contributed by atoms with van der Waals surface area (Å²) in [5, 5.41) is 7.89. The first-order valence-corrected chi connectivity index (χ1v) is 9.47. The fourth-order valence-corrected chi connectivity index (χ4v) is 3.28. The van der Waals surface area contributed by atoms with Gasteiger partial charge >= 0.3 is 0 Å². The minimum Gasteiger partial charge on any atom is -0.357 e. The molecule has 0 saturated carbocycles. The van der Waals surface area contributed by atoms with E-state index in [0.717, 1.165) is 44.5 Å². The number of rotatable bonds is 5. The third kappa shape index (κ3) is 4.95. The van der Waals surface area contributed by atoms with Crippen LogP contribution in [-0.4, -0.2) is 63.2 Å². The average Bonchev–Trinajstić information content (AvgIpc) is 3.07. The molecule has 0 bridgehead atoms. The van der Waals surface area contributed by atoms with Crippen LogP contribution in [0.1, 0.15) is 18.3 Å². The van der Waals surface area contributed by atoms with Crippen LogP contribution in [0.3, 0.4) is 0 Å². The smallest absolute Gasteiger partial charge is 0.194 e. The summed E-state index contributed by atoms with van der Waals surface area (Å²) < 4.78 is 15.7. The number of piperazine rings is 1. The summed E-state index contributed by atoms with van der Waals surface area (Å²) in [6, 6.07) is 4.83. The highest BCUT2D eigenvalue weighted by Gasteiger charge is 2.21. The van der Waals surface area contributed by atoms with Gasteiger partial charge in [0, 0.05) is 56.9 Å². The average molecular weight is 394 g/mol. The van der Waals surface area contributed by atoms with Crippen molar-refractivity contribution in [3.8, 4) is 0 Å². The van der Waals surface area contributed by atoms with Crippen molar-refractivity contribution in [2.75, 3.05) is 32.7 Å². The van der Waals surface area contributed by atoms with Crippen LogP contribution in [0.2, 0.25) is 5.02 Å². The molecule has 1 fully saturated rings. The Morgan fingerprint density at radius 1 is 1.30 bits per heavy atom. The summed E-state index contributed by atoms with van der Waals surface area (Å²) in [4.78, 5) is 13.3. The first-order valence-electron chi connectivity index (χ1n) is 9.10. The van der Waals surface area contributed by atoms with Crippen molar-refractivity contribution in [3.63, 3.8) is 0 Å². The Hall–Kier alpha value is -2.19. The van der Waals surface area contributed by atoms with Gasteiger partial charge in [-0.15, -0.1) is 0 Å². The predicted octanol–water partition coefficient (Wildman–Crippen LogP) is 1.89. The molecule has 146 valence electrons. The first kappa shape index (κ1) is 19.6. The number of benzene rings is 1. The topological polar surface area (TPSA) is 61.6 Å². The third-order valence-corrected chi connectivity index (χ3v) is 4.98. The Labute approximate surface area is 163 Å². The summed E-state index contributed by atoms with van der Waals surface area (Å²) in [5.41, 5.74) is 0.565. The van der Waals surface area contributed by atoms with Crippen molar-refractivity contribution < 1.29 is 4.39 Å². The van der Waals surface area contributed by atoms with Crippen molar-refractivity contribution >= 4 is 17.6 Å². The summed E-state index contributed by atoms with van der Waals surface area (Å²) >= 11 is 6.15. The van der Waals surface area contributed by atoms with Crippen molar-refractivity contribution in [2.45, 2.75) is 20.0 Å². The fraction of sp³-hybridized carbons (Fsp3) is 0.500. The highest BCUT2D eigenvalue weighted by Crippen LogP contribution is 2.21. The number of guanidine groups is 1. The third-order valence-electron chi connectivity index (χ3n) is 4.63. The molecule has 0 aliphatic carbocycles. The predicted molar refractivity (Wildman–Crippen MR) is 104 cm³/mol. The van der Waals surface area contributed by atoms with Crippen LogP contribution in [0.25, 0.3) is 0 Å². The second-order valence-corrected chi connectivity index (χ2v) is 6.84. The normalized spacial score (nSPS) is 16.0. The second-order valence-electron chi connectivity index (χ2n) is 6.43. The van der Waals surface area contributed by atoms with E-state index in [1.165, 1.54) is 12.4 Å². The van der Waals surface area contributed by atoms with Gasteiger partial charge in [0.05, 0.1) is 0 Å². The lowest BCUT2D eigenvalue weighted by molar-refractivity contribution is 0.171. The van der Waals surface area contributed by atoms with Crippen LogP contribution in [0, 0.1) is 5.82 Å². The van der Waals surface area contributed by atoms with E-state index in [0.29, 0.717) is 23.7 Å². The number of aryl methyl sites for hydroxylation is 1. The number of hydrogen-bond acceptors (Lipinski definition) is 4. The molecule has 1 aliphatic rings. The quantitative estimate of drug-likeness (QED) is 0.621. The van der Waals surface area contributed by atoms with Crippen molar-refractivity contribution in [2.24, 2.45) is 12.0 Å². The molecule has 1 aliphatic heterocycles. The van der Waals surface area contributed by atoms with E-state index in [9.17, 15) is 4.39 Å². The highest BCUT2D eigenvalue weighted by atomic mass is 35.5. The van der Waals surface area contributed by atoms with E-state index < -0.39 is 0 Å². The Morgan fingerprint density at radius 3 is 2.70 bits per heavy atom. The SMILES string of the molecule is CCNC(=NCc1ncnn1C)N1CCN(Cc2c(F)cccc2Cl)CC1. The molecule has 7 nitrogen and oxygen atoms in total. The zero-order valence-electron chi connectivity index (χ0n) is 15.7. The summed E-state index contributed by atoms with van der Waals surface area (Å²) in [6.07, 6.45) is 1.53. The molecule has 0 spiro atoms. The Bertz CT molecular complexity index is 764. The van der Waals surface area contributed by atoms with Gasteiger partial charge in [0.25, 0.3) is 0 Å². The minimum absolute atomic E-state index is 0.247. The lowest BCUT2D eigenvalue weighted by Gasteiger charge is -2.36. The zero-order chi connectivity index (χ0) is 19.2. The van der Waals surface area contributed by atoms with Crippen LogP contribution in [0.4, 0.5) is 4.39 Å². The Morgan fingerprint density at radius 2 is 2.07 bits per heavy atom. The molecule has 9 heteroatoms. The van der Waals surface area contributed by atoms with E-state index in [-0.39, 0.29) is 5.82 Å². The molecule has 2 heterocycles. The van der Waals surface area contributed by atoms with Gasteiger partial charge in [-0.05, 0) is 19.1 Å². The number of hydrogen-bond donors (Lipinski definition) is 1. The molecule has 0 amide bonds. The zero-order valence-corrected chi connectivity index (χ0v) is 16.5. The highest BCUT2D eigenvalue weighted by molar-refractivity contribution is 6.31. The minimum atomic E-state index is -0.247. The number of aromatic nitrogens is 3. The summed E-state index contributed by atoms with van der Waals surface area (Å²) in [7, 11) is 1.86. The van der Waals surface area contributed by atoms with Crippen LogP contribution in [-0.2, 0) is 20.1 Å². The van der Waals surface area contributed by atoms with Gasteiger partial charge in [0.1, 0.15) is 24.5 Å². The molecule has 0 unspecified atom stereocenters. The molecular weight excluding hydrogens is 369 g/mol. The van der Waals surface area contributed by atoms with Gasteiger partial charge in [-0.1, -0.05) is 17.7 Å². The van der Waals surface area contributed by atoms with Gasteiger partial charge in [-0.25, -0.2) is 14.4 Å². The second kappa shape index (κ2) is 9.14. The van der Waals surface area contributed by atoms with E-state index in [1.54, 1.807) is 16.8 Å². The largest absolute Gasteiger partial charge is 0.357 e. The fourth-order valence-electron chi connectivity index (χ4n) is 3.06. The Balaban J connectivity index is 1.59. The van der Waals surface area contributed by atoms with E-state index in [4.69, 9.17) is 11.6 Å². The van der Waals surface area contributed by atoms with Gasteiger partial charge in [-0.2, -0.15) is 5.10 Å². The monoisotopic (exact) mass is 393 g/mol. The molecule has 2 aromatic rings. The molecular formula is C18H25ClFN7. The van der Waals surface area contributed by atoms with Crippen LogP contribution < -0.4 is 5.32 Å². The maximum absolute atomic E-state index is 14.0. The number of nitrogens with one attached hydrogen (secondary N) is 1. The lowest BCUT2D eigenvalue weighted by Crippen LogP contribution is -2.52. The van der Waals surface area contributed by atoms with E-state index in [2.05, 4.69) is 30.2 Å². The van der Waals surface area contributed by atoms with Crippen LogP contribution in [0.5, 0.6) is 0 Å². The molecule has 0 atom stereocenters. The molecule has 27 heavy (non-hydrogen) atoms. The molecule has 1 aromatic heterocycles. The first-order chi connectivity index (χ1) is 13.1. The van der Waals surface area contributed by atoms with Gasteiger partial charge in [-0.3, -0.25) is 9.58 Å². The number of halogens is 2. The molecule has 0 radical (unpaired) electrons. The lowest BCUT2D eigenvalue weighted by atomic mass is 10.2. The van der Waals surface area contributed by atoms with E-state index in [1.807, 2.05) is 14.0 Å². The van der Waals surface area contributed by atoms with Crippen molar-refractivity contribution in [3.05, 3.63) is 46.8 Å². The standard InChI is InChI=1S/C18H25ClFN7/c1-3-21-18(22-11-17-23-13-24-25(17)2)27-9-7-26(8-10-27)12-14-15(19)5-4-6-16(14)20/h4-6,13H,3,7-12H2,1-2H3,(H,21,22). The number of aliphatic imine (C=N–C) groups is 1. The number of nitrogens with zero attached hydrogens (tertiary/aromatic N) is 6. The van der Waals surface area contributed by atoms with E-state index >= 15 is 0 Å². The van der Waals surface area contributed by atoms with Crippen molar-refractivity contribution in [1.29, 1.82) is 0 Å². The molecule has 1 aromatic carbocycles. The summed E-state index contributed by atoms with van der Waals surface area (Å²) in [5.74, 6) is 1.44.